The van der Waals surface area contributed by atoms with Gasteiger partial charge in [0.15, 0.2) is 0 Å². The van der Waals surface area contributed by atoms with E-state index < -0.39 is 26.4 Å². The summed E-state index contributed by atoms with van der Waals surface area (Å²) in [5, 5.41) is 0. The molecular formula is CO5S2. The molecule has 2 atom stereocenters. The molecule has 46 valence electrons. The van der Waals surface area contributed by atoms with Crippen LogP contribution in [0.2, 0.25) is 0 Å². The molecular weight excluding hydrogens is 156 g/mol. The molecule has 0 amide bonds. The Hall–Kier alpha value is -0.430. The minimum absolute atomic E-state index is 1.15. The summed E-state index contributed by atoms with van der Waals surface area (Å²) in [6, 6.07) is 0. The molecule has 1 aliphatic heterocycles. The van der Waals surface area contributed by atoms with E-state index in [9.17, 15) is 13.2 Å². The van der Waals surface area contributed by atoms with Crippen LogP contribution in [0.5, 0.6) is 0 Å². The molecule has 0 aromatic carbocycles. The second-order valence-corrected chi connectivity index (χ2v) is 3.61. The fourth-order valence-corrected chi connectivity index (χ4v) is 1.29. The van der Waals surface area contributed by atoms with Crippen LogP contribution in [0.3, 0.4) is 0 Å². The summed E-state index contributed by atoms with van der Waals surface area (Å²) >= 11 is 0. The lowest BCUT2D eigenvalue weighted by atomic mass is 11.5. The first-order valence-electron chi connectivity index (χ1n) is 1.45. The normalized spacial score (nSPS) is 36.2. The van der Waals surface area contributed by atoms with Gasteiger partial charge in [0, 0.05) is 0 Å². The second kappa shape index (κ2) is 1.82. The molecule has 7 heteroatoms. The summed E-state index contributed by atoms with van der Waals surface area (Å²) in [4.78, 5) is 9.83. The van der Waals surface area contributed by atoms with Crippen molar-refractivity contribution in [3.05, 3.63) is 0 Å². The Balaban J connectivity index is 2.79. The molecule has 5 nitrogen and oxygen atoms in total. The van der Waals surface area contributed by atoms with E-state index in [0.29, 0.717) is 0 Å². The van der Waals surface area contributed by atoms with E-state index in [4.69, 9.17) is 0 Å². The molecule has 2 unspecified atom stereocenters. The van der Waals surface area contributed by atoms with Gasteiger partial charge >= 0.3 is 26.4 Å². The third kappa shape index (κ3) is 0.869. The topological polar surface area (TPSA) is 69.7 Å². The number of carbonyl (C=O) groups excluding carboxylic acids is 1. The van der Waals surface area contributed by atoms with Gasteiger partial charge in [-0.2, -0.15) is 8.42 Å². The van der Waals surface area contributed by atoms with Crippen LogP contribution in [0.1, 0.15) is 0 Å². The Morgan fingerprint density at radius 2 is 1.50 bits per heavy atom. The monoisotopic (exact) mass is 156 g/mol. The van der Waals surface area contributed by atoms with Gasteiger partial charge in [-0.15, -0.1) is 0 Å². The highest BCUT2D eigenvalue weighted by Gasteiger charge is 2.30. The zero-order valence-corrected chi connectivity index (χ0v) is 4.99. The molecule has 1 aliphatic rings. The maximum Gasteiger partial charge on any atom is 0.538 e. The van der Waals surface area contributed by atoms with E-state index in [2.05, 4.69) is 8.37 Å². The van der Waals surface area contributed by atoms with Gasteiger partial charge in [-0.25, -0.2) is 4.79 Å². The Morgan fingerprint density at radius 3 is 1.62 bits per heavy atom. The van der Waals surface area contributed by atoms with Gasteiger partial charge in [0.1, 0.15) is 0 Å². The molecule has 8 heavy (non-hydrogen) atoms. The van der Waals surface area contributed by atoms with Crippen LogP contribution in [-0.4, -0.2) is 14.6 Å². The summed E-state index contributed by atoms with van der Waals surface area (Å²) < 4.78 is 27.6. The molecule has 1 fully saturated rings. The minimum atomic E-state index is -2.10. The van der Waals surface area contributed by atoms with Crippen molar-refractivity contribution in [3.63, 3.8) is 0 Å². The first kappa shape index (κ1) is 5.70. The smallest absolute Gasteiger partial charge is 0.318 e. The highest BCUT2D eigenvalue weighted by atomic mass is 33.2. The van der Waals surface area contributed by atoms with Crippen LogP contribution >= 0.6 is 0 Å². The Morgan fingerprint density at radius 1 is 1.12 bits per heavy atom. The van der Waals surface area contributed by atoms with E-state index in [1.165, 1.54) is 0 Å². The maximum absolute atomic E-state index is 10.0. The van der Waals surface area contributed by atoms with Gasteiger partial charge in [0.25, 0.3) is 0 Å². The predicted molar refractivity (Wildman–Crippen MR) is 23.9 cm³/mol. The summed E-state index contributed by atoms with van der Waals surface area (Å²) in [5.74, 6) is 0. The van der Waals surface area contributed by atoms with E-state index in [-0.39, 0.29) is 0 Å². The number of hydrogen-bond donors (Lipinski definition) is 0. The third-order valence-electron chi connectivity index (χ3n) is 0.383. The molecule has 0 radical (unpaired) electrons. The van der Waals surface area contributed by atoms with E-state index in [1.54, 1.807) is 0 Å². The van der Waals surface area contributed by atoms with Gasteiger partial charge in [-0.05, 0) is 0 Å². The average Bonchev–Trinajstić information content (AvgIpc) is 1.85. The van der Waals surface area contributed by atoms with Gasteiger partial charge in [0.05, 0.1) is 0 Å². The largest absolute Gasteiger partial charge is 0.538 e. The molecule has 1 rings (SSSR count). The Kier molecular flexibility index (Phi) is 1.30. The van der Waals surface area contributed by atoms with Crippen molar-refractivity contribution in [2.45, 2.75) is 0 Å². The fraction of sp³-hybridized carbons (Fsp3) is 0. The van der Waals surface area contributed by atoms with Crippen molar-refractivity contribution in [2.75, 3.05) is 0 Å². The van der Waals surface area contributed by atoms with Crippen molar-refractivity contribution in [1.82, 2.24) is 0 Å². The minimum Gasteiger partial charge on any atom is -0.318 e. The highest BCUT2D eigenvalue weighted by molar-refractivity contribution is 8.57. The molecule has 0 bridgehead atoms. The molecule has 0 aliphatic carbocycles. The lowest BCUT2D eigenvalue weighted by Gasteiger charge is -1.72. The number of rotatable bonds is 0. The predicted octanol–water partition coefficient (Wildman–Crippen LogP) is -0.604. The summed E-state index contributed by atoms with van der Waals surface area (Å²) in [7, 11) is -4.19. The van der Waals surface area contributed by atoms with Crippen LogP contribution in [-0.2, 0) is 28.6 Å². The molecule has 0 N–H and O–H groups in total. The second-order valence-electron chi connectivity index (χ2n) is 0.825. The summed E-state index contributed by atoms with van der Waals surface area (Å²) in [6.07, 6.45) is -1.15. The van der Waals surface area contributed by atoms with Crippen molar-refractivity contribution in [2.24, 2.45) is 0 Å². The lowest BCUT2D eigenvalue weighted by Crippen LogP contribution is -1.89. The van der Waals surface area contributed by atoms with Crippen LogP contribution < -0.4 is 0 Å². The van der Waals surface area contributed by atoms with Crippen molar-refractivity contribution >= 4 is 26.4 Å². The zero-order valence-electron chi connectivity index (χ0n) is 3.36. The van der Waals surface area contributed by atoms with Crippen LogP contribution in [0, 0.1) is 0 Å². The molecule has 0 saturated carbocycles. The van der Waals surface area contributed by atoms with Crippen LogP contribution in [0.4, 0.5) is 4.79 Å². The number of carbonyl (C=O) groups is 1. The zero-order chi connectivity index (χ0) is 6.15. The molecule has 1 saturated heterocycles. The fourth-order valence-electron chi connectivity index (χ4n) is 0.181. The quantitative estimate of drug-likeness (QED) is 0.438. The summed E-state index contributed by atoms with van der Waals surface area (Å²) in [5.41, 5.74) is 0. The molecule has 1 heterocycles. The SMILES string of the molecule is O=C1OS(=O)S(=O)O1. The first-order valence-corrected chi connectivity index (χ1v) is 4.11. The number of hydrogen-bond acceptors (Lipinski definition) is 5. The van der Waals surface area contributed by atoms with Crippen molar-refractivity contribution in [1.29, 1.82) is 0 Å². The van der Waals surface area contributed by atoms with Gasteiger partial charge in [-0.3, -0.25) is 0 Å². The van der Waals surface area contributed by atoms with E-state index >= 15 is 0 Å². The van der Waals surface area contributed by atoms with Gasteiger partial charge in [0.2, 0.25) is 0 Å². The van der Waals surface area contributed by atoms with E-state index in [0.717, 1.165) is 0 Å². The molecule has 0 aromatic rings. The molecule has 0 spiro atoms. The van der Waals surface area contributed by atoms with Gasteiger partial charge in [-0.1, -0.05) is 0 Å². The lowest BCUT2D eigenvalue weighted by molar-refractivity contribution is 0.171. The highest BCUT2D eigenvalue weighted by Crippen LogP contribution is 2.07. The average molecular weight is 156 g/mol. The third-order valence-corrected chi connectivity index (χ3v) is 2.22. The van der Waals surface area contributed by atoms with Crippen LogP contribution in [0.15, 0.2) is 0 Å². The van der Waals surface area contributed by atoms with Crippen molar-refractivity contribution in [3.8, 4) is 0 Å². The summed E-state index contributed by atoms with van der Waals surface area (Å²) in [6.45, 7) is 0. The van der Waals surface area contributed by atoms with E-state index in [1.807, 2.05) is 0 Å². The maximum atomic E-state index is 10.0. The molecule has 0 aromatic heterocycles. The van der Waals surface area contributed by atoms with Gasteiger partial charge < -0.3 is 8.37 Å². The Bertz CT molecular complexity index is 153. The van der Waals surface area contributed by atoms with Crippen molar-refractivity contribution < 1.29 is 21.6 Å². The standard InChI is InChI=1S/CO5S2/c2-1-5-7(3)8(4)6-1. The Labute approximate surface area is 48.7 Å². The van der Waals surface area contributed by atoms with Crippen LogP contribution in [0.25, 0.3) is 0 Å². The first-order chi connectivity index (χ1) is 3.70.